The van der Waals surface area contributed by atoms with Gasteiger partial charge in [0, 0.05) is 25.9 Å². The topological polar surface area (TPSA) is 95.1 Å². The third-order valence-electron chi connectivity index (χ3n) is 5.12. The minimum atomic E-state index is -0.664. The Morgan fingerprint density at radius 2 is 1.82 bits per heavy atom. The van der Waals surface area contributed by atoms with Crippen molar-refractivity contribution in [2.24, 2.45) is 0 Å². The van der Waals surface area contributed by atoms with Gasteiger partial charge < -0.3 is 29.6 Å². The van der Waals surface area contributed by atoms with Gasteiger partial charge in [-0.15, -0.1) is 0 Å². The third-order valence-corrected chi connectivity index (χ3v) is 5.12. The summed E-state index contributed by atoms with van der Waals surface area (Å²) in [7, 11) is 3.15. The predicted molar refractivity (Wildman–Crippen MR) is 101 cm³/mol. The molecule has 8 nitrogen and oxygen atoms in total. The number of carbonyl (C=O) groups is 2. The highest BCUT2D eigenvalue weighted by atomic mass is 16.7. The quantitative estimate of drug-likeness (QED) is 0.677. The highest BCUT2D eigenvalue weighted by Crippen LogP contribution is 2.38. The minimum Gasteiger partial charge on any atom is -0.493 e. The van der Waals surface area contributed by atoms with E-state index in [0.29, 0.717) is 31.1 Å². The monoisotopic (exact) mass is 392 g/mol. The van der Waals surface area contributed by atoms with E-state index in [-0.39, 0.29) is 12.6 Å². The maximum atomic E-state index is 12.0. The van der Waals surface area contributed by atoms with Gasteiger partial charge in [-0.25, -0.2) is 0 Å². The van der Waals surface area contributed by atoms with Crippen LogP contribution in [0.1, 0.15) is 31.2 Å². The fourth-order valence-corrected chi connectivity index (χ4v) is 3.62. The molecule has 28 heavy (non-hydrogen) atoms. The van der Waals surface area contributed by atoms with Crippen LogP contribution in [0.2, 0.25) is 0 Å². The van der Waals surface area contributed by atoms with Gasteiger partial charge in [-0.1, -0.05) is 6.07 Å². The van der Waals surface area contributed by atoms with Crippen LogP contribution in [-0.2, 0) is 25.5 Å². The average Bonchev–Trinajstić information content (AvgIpc) is 3.35. The Hall–Kier alpha value is -2.32. The second kappa shape index (κ2) is 9.25. The molecule has 8 heteroatoms. The number of benzene rings is 1. The fourth-order valence-electron chi connectivity index (χ4n) is 3.62. The van der Waals surface area contributed by atoms with Crippen molar-refractivity contribution in [2.75, 3.05) is 33.9 Å². The minimum absolute atomic E-state index is 0.207. The normalized spacial score (nSPS) is 20.1. The molecule has 2 aliphatic rings. The van der Waals surface area contributed by atoms with E-state index in [1.807, 2.05) is 18.2 Å². The Labute approximate surface area is 164 Å². The summed E-state index contributed by atoms with van der Waals surface area (Å²) in [6.45, 7) is 1.05. The van der Waals surface area contributed by atoms with Crippen molar-refractivity contribution in [3.63, 3.8) is 0 Å². The van der Waals surface area contributed by atoms with E-state index in [2.05, 4.69) is 10.6 Å². The molecule has 0 aromatic heterocycles. The molecule has 2 amide bonds. The highest BCUT2D eigenvalue weighted by Gasteiger charge is 2.43. The largest absolute Gasteiger partial charge is 0.493 e. The first-order valence-electron chi connectivity index (χ1n) is 9.64. The molecule has 1 heterocycles. The summed E-state index contributed by atoms with van der Waals surface area (Å²) >= 11 is 0. The lowest BCUT2D eigenvalue weighted by Gasteiger charge is -2.21. The number of carbonyl (C=O) groups excluding carboxylic acids is 2. The van der Waals surface area contributed by atoms with Gasteiger partial charge in [-0.3, -0.25) is 9.59 Å². The van der Waals surface area contributed by atoms with E-state index >= 15 is 0 Å². The fraction of sp³-hybridized carbons (Fsp3) is 0.600. The predicted octanol–water partition coefficient (Wildman–Crippen LogP) is 1.16. The van der Waals surface area contributed by atoms with Gasteiger partial charge in [-0.2, -0.15) is 0 Å². The van der Waals surface area contributed by atoms with Crippen LogP contribution in [0.5, 0.6) is 11.5 Å². The molecule has 1 aromatic rings. The lowest BCUT2D eigenvalue weighted by molar-refractivity contribution is -0.161. The summed E-state index contributed by atoms with van der Waals surface area (Å²) in [6, 6.07) is 5.55. The molecule has 1 aliphatic heterocycles. The lowest BCUT2D eigenvalue weighted by Crippen LogP contribution is -2.44. The molecule has 2 N–H and O–H groups in total. The summed E-state index contributed by atoms with van der Waals surface area (Å²) in [5, 5.41) is 5.25. The summed E-state index contributed by atoms with van der Waals surface area (Å²) in [4.78, 5) is 24.0. The highest BCUT2D eigenvalue weighted by molar-refractivity contribution is 6.35. The van der Waals surface area contributed by atoms with Crippen LogP contribution in [0.4, 0.5) is 0 Å². The molecule has 0 radical (unpaired) electrons. The van der Waals surface area contributed by atoms with Crippen molar-refractivity contribution in [3.05, 3.63) is 23.8 Å². The van der Waals surface area contributed by atoms with Gasteiger partial charge in [0.05, 0.1) is 20.8 Å². The Balaban J connectivity index is 1.37. The summed E-state index contributed by atoms with van der Waals surface area (Å²) in [5.41, 5.74) is 0.969. The molecule has 1 saturated heterocycles. The van der Waals surface area contributed by atoms with Gasteiger partial charge in [0.2, 0.25) is 0 Å². The third kappa shape index (κ3) is 4.94. The van der Waals surface area contributed by atoms with Crippen LogP contribution in [0.3, 0.4) is 0 Å². The average molecular weight is 392 g/mol. The first-order chi connectivity index (χ1) is 13.5. The second-order valence-electron chi connectivity index (χ2n) is 7.07. The van der Waals surface area contributed by atoms with Crippen LogP contribution < -0.4 is 20.1 Å². The van der Waals surface area contributed by atoms with Gasteiger partial charge in [0.1, 0.15) is 6.10 Å². The van der Waals surface area contributed by atoms with Gasteiger partial charge in [0.25, 0.3) is 0 Å². The first-order valence-corrected chi connectivity index (χ1v) is 9.64. The number of amides is 2. The van der Waals surface area contributed by atoms with Gasteiger partial charge in [-0.05, 0) is 37.0 Å². The van der Waals surface area contributed by atoms with Crippen LogP contribution >= 0.6 is 0 Å². The SMILES string of the molecule is COc1ccc(CCNC(=O)C(=O)NC[C@@H]2COC3(CCCC3)O2)cc1OC. The van der Waals surface area contributed by atoms with Crippen LogP contribution in [0, 0.1) is 0 Å². The Morgan fingerprint density at radius 1 is 1.11 bits per heavy atom. The van der Waals surface area contributed by atoms with Crippen LogP contribution in [0.25, 0.3) is 0 Å². The number of hydrogen-bond donors (Lipinski definition) is 2. The van der Waals surface area contributed by atoms with Gasteiger partial charge in [0.15, 0.2) is 17.3 Å². The molecule has 1 aliphatic carbocycles. The Morgan fingerprint density at radius 3 is 2.54 bits per heavy atom. The van der Waals surface area contributed by atoms with Crippen LogP contribution in [-0.4, -0.2) is 57.6 Å². The first kappa shape index (κ1) is 20.4. The number of methoxy groups -OCH3 is 2. The van der Waals surface area contributed by atoms with Crippen molar-refractivity contribution in [2.45, 2.75) is 44.0 Å². The molecule has 0 bridgehead atoms. The molecule has 0 unspecified atom stereocenters. The number of hydrogen-bond acceptors (Lipinski definition) is 6. The molecular weight excluding hydrogens is 364 g/mol. The zero-order chi connectivity index (χ0) is 20.0. The molecule has 3 rings (SSSR count). The van der Waals surface area contributed by atoms with Crippen molar-refractivity contribution in [1.29, 1.82) is 0 Å². The van der Waals surface area contributed by atoms with Gasteiger partial charge >= 0.3 is 11.8 Å². The summed E-state index contributed by atoms with van der Waals surface area (Å²) < 4.78 is 22.1. The lowest BCUT2D eigenvalue weighted by atomic mass is 10.1. The molecule has 1 atom stereocenters. The van der Waals surface area contributed by atoms with Crippen molar-refractivity contribution >= 4 is 11.8 Å². The van der Waals surface area contributed by atoms with E-state index in [9.17, 15) is 9.59 Å². The van der Waals surface area contributed by atoms with E-state index in [4.69, 9.17) is 18.9 Å². The molecule has 1 spiro atoms. The number of rotatable bonds is 7. The van der Waals surface area contributed by atoms with Crippen molar-refractivity contribution < 1.29 is 28.5 Å². The zero-order valence-electron chi connectivity index (χ0n) is 16.4. The number of ether oxygens (including phenoxy) is 4. The van der Waals surface area contributed by atoms with Crippen LogP contribution in [0.15, 0.2) is 18.2 Å². The maximum Gasteiger partial charge on any atom is 0.309 e. The van der Waals surface area contributed by atoms with E-state index in [0.717, 1.165) is 31.2 Å². The molecule has 1 aromatic carbocycles. The molecule has 1 saturated carbocycles. The maximum absolute atomic E-state index is 12.0. The van der Waals surface area contributed by atoms with E-state index in [1.54, 1.807) is 14.2 Å². The summed E-state index contributed by atoms with van der Waals surface area (Å²) in [5.74, 6) is -0.509. The standard InChI is InChI=1S/C20H28N2O6/c1-25-16-6-5-14(11-17(16)26-2)7-10-21-18(23)19(24)22-12-15-13-27-20(28-15)8-3-4-9-20/h5-6,11,15H,3-4,7-10,12-13H2,1-2H3,(H,21,23)(H,22,24)/t15-/m1/s1. The smallest absolute Gasteiger partial charge is 0.309 e. The van der Waals surface area contributed by atoms with Crippen molar-refractivity contribution in [1.82, 2.24) is 10.6 Å². The summed E-state index contributed by atoms with van der Waals surface area (Å²) in [6.07, 6.45) is 4.36. The second-order valence-corrected chi connectivity index (χ2v) is 7.07. The Bertz CT molecular complexity index is 702. The van der Waals surface area contributed by atoms with E-state index < -0.39 is 17.6 Å². The van der Waals surface area contributed by atoms with E-state index in [1.165, 1.54) is 0 Å². The Kier molecular flexibility index (Phi) is 6.74. The molecule has 154 valence electrons. The number of nitrogens with one attached hydrogen (secondary N) is 2. The van der Waals surface area contributed by atoms with Crippen molar-refractivity contribution in [3.8, 4) is 11.5 Å². The molecular formula is C20H28N2O6. The molecule has 2 fully saturated rings. The zero-order valence-corrected chi connectivity index (χ0v) is 16.4.